The molecule has 1 saturated heterocycles. The van der Waals surface area contributed by atoms with E-state index < -0.39 is 0 Å². The SMILES string of the molecule is C[n+]1ccn(C(=O)N2CCNC(=O)C2)c1.[I-]. The molecule has 2 heterocycles. The number of piperazine rings is 1. The Labute approximate surface area is 110 Å². The Morgan fingerprint density at radius 2 is 2.31 bits per heavy atom. The molecule has 0 saturated carbocycles. The lowest BCUT2D eigenvalue weighted by atomic mass is 10.4. The maximum Gasteiger partial charge on any atom is 0.416 e. The van der Waals surface area contributed by atoms with Crippen molar-refractivity contribution in [2.45, 2.75) is 0 Å². The minimum atomic E-state index is -0.162. The zero-order valence-electron chi connectivity index (χ0n) is 8.89. The number of aromatic nitrogens is 2. The summed E-state index contributed by atoms with van der Waals surface area (Å²) in [4.78, 5) is 24.5. The fourth-order valence-electron chi connectivity index (χ4n) is 1.53. The van der Waals surface area contributed by atoms with Crippen molar-refractivity contribution in [1.82, 2.24) is 14.8 Å². The molecule has 7 heteroatoms. The highest BCUT2D eigenvalue weighted by molar-refractivity contribution is 5.85. The quantitative estimate of drug-likeness (QED) is 0.385. The number of rotatable bonds is 0. The van der Waals surface area contributed by atoms with Crippen LogP contribution in [0.3, 0.4) is 0 Å². The fourth-order valence-corrected chi connectivity index (χ4v) is 1.53. The lowest BCUT2D eigenvalue weighted by Gasteiger charge is -2.24. The lowest BCUT2D eigenvalue weighted by molar-refractivity contribution is -0.670. The molecule has 0 atom stereocenters. The minimum absolute atomic E-state index is 0. The second kappa shape index (κ2) is 5.28. The molecule has 1 N–H and O–H groups in total. The Balaban J connectivity index is 0.00000128. The number of carbonyl (C=O) groups is 2. The number of nitrogens with one attached hydrogen (secondary N) is 1. The summed E-state index contributed by atoms with van der Waals surface area (Å²) >= 11 is 0. The average molecular weight is 336 g/mol. The fraction of sp³-hybridized carbons (Fsp3) is 0.444. The molecule has 0 radical (unpaired) electrons. The second-order valence-electron chi connectivity index (χ2n) is 3.54. The van der Waals surface area contributed by atoms with E-state index in [9.17, 15) is 9.59 Å². The van der Waals surface area contributed by atoms with Crippen LogP contribution in [0.25, 0.3) is 0 Å². The summed E-state index contributed by atoms with van der Waals surface area (Å²) in [6.45, 7) is 1.23. The second-order valence-corrected chi connectivity index (χ2v) is 3.54. The van der Waals surface area contributed by atoms with E-state index in [1.165, 1.54) is 9.47 Å². The first-order valence-corrected chi connectivity index (χ1v) is 4.76. The third-order valence-corrected chi connectivity index (χ3v) is 2.30. The Morgan fingerprint density at radius 1 is 1.56 bits per heavy atom. The number of imidazole rings is 1. The zero-order chi connectivity index (χ0) is 10.8. The number of hydrogen-bond donors (Lipinski definition) is 1. The smallest absolute Gasteiger partial charge is 0.416 e. The molecule has 0 aliphatic carbocycles. The number of carbonyl (C=O) groups excluding carboxylic acids is 2. The van der Waals surface area contributed by atoms with E-state index in [0.717, 1.165) is 0 Å². The summed E-state index contributed by atoms with van der Waals surface area (Å²) in [5.41, 5.74) is 0. The van der Waals surface area contributed by atoms with Crippen molar-refractivity contribution in [3.05, 3.63) is 18.7 Å². The van der Waals surface area contributed by atoms with Gasteiger partial charge in [0.15, 0.2) is 0 Å². The van der Waals surface area contributed by atoms with Crippen molar-refractivity contribution in [3.8, 4) is 0 Å². The molecular weight excluding hydrogens is 323 g/mol. The molecule has 2 rings (SSSR count). The molecule has 0 bridgehead atoms. The summed E-state index contributed by atoms with van der Waals surface area (Å²) in [6, 6.07) is -0.162. The Morgan fingerprint density at radius 3 is 2.88 bits per heavy atom. The minimum Gasteiger partial charge on any atom is -1.00 e. The Hall–Kier alpha value is -1.12. The van der Waals surface area contributed by atoms with Crippen LogP contribution in [-0.2, 0) is 11.8 Å². The Kier molecular flexibility index (Phi) is 4.27. The van der Waals surface area contributed by atoms with Crippen molar-refractivity contribution in [3.63, 3.8) is 0 Å². The van der Waals surface area contributed by atoms with Gasteiger partial charge in [0, 0.05) is 13.1 Å². The Bertz CT molecular complexity index is 404. The monoisotopic (exact) mass is 336 g/mol. The van der Waals surface area contributed by atoms with Gasteiger partial charge in [0.25, 0.3) is 6.33 Å². The van der Waals surface area contributed by atoms with Crippen LogP contribution in [0.4, 0.5) is 4.79 Å². The largest absolute Gasteiger partial charge is 1.00 e. The number of nitrogens with zero attached hydrogens (tertiary/aromatic N) is 3. The van der Waals surface area contributed by atoms with E-state index in [1.807, 2.05) is 7.05 Å². The third kappa shape index (κ3) is 2.71. The number of aryl methyl sites for hydroxylation is 1. The van der Waals surface area contributed by atoms with Gasteiger partial charge < -0.3 is 29.3 Å². The molecule has 1 aromatic rings. The third-order valence-electron chi connectivity index (χ3n) is 2.30. The first-order chi connectivity index (χ1) is 7.16. The van der Waals surface area contributed by atoms with Crippen molar-refractivity contribution in [2.24, 2.45) is 7.05 Å². The molecule has 16 heavy (non-hydrogen) atoms. The van der Waals surface area contributed by atoms with E-state index >= 15 is 0 Å². The highest BCUT2D eigenvalue weighted by atomic mass is 127. The average Bonchev–Trinajstić information content (AvgIpc) is 2.64. The van der Waals surface area contributed by atoms with Crippen LogP contribution in [-0.4, -0.2) is 41.0 Å². The molecule has 88 valence electrons. The van der Waals surface area contributed by atoms with Gasteiger partial charge in [-0.2, -0.15) is 4.57 Å². The molecule has 1 fully saturated rings. The first-order valence-electron chi connectivity index (χ1n) is 4.76. The first kappa shape index (κ1) is 12.9. The van der Waals surface area contributed by atoms with Gasteiger partial charge in [-0.25, -0.2) is 9.36 Å². The van der Waals surface area contributed by atoms with Gasteiger partial charge in [-0.05, 0) is 0 Å². The normalized spacial score (nSPS) is 15.3. The molecule has 6 nitrogen and oxygen atoms in total. The topological polar surface area (TPSA) is 58.2 Å². The summed E-state index contributed by atoms with van der Waals surface area (Å²) in [6.07, 6.45) is 5.13. The molecule has 1 aliphatic heterocycles. The highest BCUT2D eigenvalue weighted by Crippen LogP contribution is 1.98. The zero-order valence-corrected chi connectivity index (χ0v) is 11.0. The molecule has 1 aromatic heterocycles. The van der Waals surface area contributed by atoms with Crippen LogP contribution in [0.2, 0.25) is 0 Å². The molecule has 0 aromatic carbocycles. The van der Waals surface area contributed by atoms with Crippen LogP contribution >= 0.6 is 0 Å². The molecular formula is C9H13IN4O2. The van der Waals surface area contributed by atoms with Gasteiger partial charge in [0.05, 0.1) is 7.05 Å². The van der Waals surface area contributed by atoms with E-state index in [2.05, 4.69) is 5.32 Å². The van der Waals surface area contributed by atoms with Gasteiger partial charge in [-0.1, -0.05) is 0 Å². The lowest BCUT2D eigenvalue weighted by Crippen LogP contribution is -3.00. The van der Waals surface area contributed by atoms with Gasteiger partial charge >= 0.3 is 6.03 Å². The van der Waals surface area contributed by atoms with E-state index in [-0.39, 0.29) is 42.5 Å². The number of amides is 2. The van der Waals surface area contributed by atoms with Gasteiger partial charge in [0.1, 0.15) is 18.9 Å². The van der Waals surface area contributed by atoms with Crippen LogP contribution in [0.5, 0.6) is 0 Å². The maximum absolute atomic E-state index is 11.9. The van der Waals surface area contributed by atoms with E-state index in [4.69, 9.17) is 0 Å². The molecule has 1 aliphatic rings. The number of halogens is 1. The van der Waals surface area contributed by atoms with Crippen LogP contribution in [0.15, 0.2) is 18.7 Å². The summed E-state index contributed by atoms with van der Waals surface area (Å²) < 4.78 is 3.25. The summed E-state index contributed by atoms with van der Waals surface area (Å²) in [7, 11) is 1.84. The highest BCUT2D eigenvalue weighted by Gasteiger charge is 2.25. The van der Waals surface area contributed by atoms with Gasteiger partial charge in [0.2, 0.25) is 5.91 Å². The van der Waals surface area contributed by atoms with E-state index in [0.29, 0.717) is 13.1 Å². The molecule has 2 amide bonds. The van der Waals surface area contributed by atoms with Crippen molar-refractivity contribution >= 4 is 11.9 Å². The van der Waals surface area contributed by atoms with Crippen LogP contribution in [0.1, 0.15) is 0 Å². The van der Waals surface area contributed by atoms with Crippen LogP contribution in [0, 0.1) is 0 Å². The number of hydrogen-bond acceptors (Lipinski definition) is 2. The van der Waals surface area contributed by atoms with Gasteiger partial charge in [-0.15, -0.1) is 0 Å². The maximum atomic E-state index is 11.9. The van der Waals surface area contributed by atoms with E-state index in [1.54, 1.807) is 23.3 Å². The summed E-state index contributed by atoms with van der Waals surface area (Å²) in [5.74, 6) is -0.105. The predicted molar refractivity (Wildman–Crippen MR) is 51.0 cm³/mol. The van der Waals surface area contributed by atoms with Crippen LogP contribution < -0.4 is 33.9 Å². The summed E-state index contributed by atoms with van der Waals surface area (Å²) in [5, 5.41) is 2.68. The molecule has 0 spiro atoms. The predicted octanol–water partition coefficient (Wildman–Crippen LogP) is -4.28. The standard InChI is InChI=1S/C9H12N4O2.HI/c1-11-4-5-13(7-11)9(15)12-3-2-10-8(14)6-12;/h4-5,7H,2-3,6H2,1H3;1H. The van der Waals surface area contributed by atoms with Gasteiger partial charge in [-0.3, -0.25) is 9.69 Å². The van der Waals surface area contributed by atoms with Crippen molar-refractivity contribution in [1.29, 1.82) is 0 Å². The van der Waals surface area contributed by atoms with Crippen molar-refractivity contribution < 1.29 is 38.1 Å². The van der Waals surface area contributed by atoms with Crippen molar-refractivity contribution in [2.75, 3.05) is 19.6 Å². The molecule has 0 unspecified atom stereocenters.